The topological polar surface area (TPSA) is 69.6 Å². The Morgan fingerprint density at radius 2 is 2.00 bits per heavy atom. The van der Waals surface area contributed by atoms with E-state index in [1.54, 1.807) is 0 Å². The zero-order valence-electron chi connectivity index (χ0n) is 8.63. The number of hydrazine groups is 1. The highest BCUT2D eigenvalue weighted by atomic mass is 19.1. The fourth-order valence-corrected chi connectivity index (χ4v) is 1.57. The first kappa shape index (κ1) is 11.1. The summed E-state index contributed by atoms with van der Waals surface area (Å²) in [5, 5.41) is 9.26. The summed E-state index contributed by atoms with van der Waals surface area (Å²) in [6.07, 6.45) is 1.50. The van der Waals surface area contributed by atoms with Crippen molar-refractivity contribution in [3.63, 3.8) is 0 Å². The number of amides is 2. The second kappa shape index (κ2) is 4.25. The Balaban J connectivity index is 2.30. The summed E-state index contributed by atoms with van der Waals surface area (Å²) >= 11 is 0. The highest BCUT2D eigenvalue weighted by Crippen LogP contribution is 2.22. The van der Waals surface area contributed by atoms with Gasteiger partial charge in [-0.3, -0.25) is 10.2 Å². The van der Waals surface area contributed by atoms with Crippen LogP contribution in [-0.2, 0) is 4.79 Å². The minimum Gasteiger partial charge on any atom is -0.463 e. The van der Waals surface area contributed by atoms with E-state index >= 15 is 0 Å². The molecule has 0 radical (unpaired) electrons. The van der Waals surface area contributed by atoms with Crippen molar-refractivity contribution >= 4 is 12.0 Å². The molecule has 2 rings (SSSR count). The number of nitrogens with one attached hydrogen (secondary N) is 1. The SMILES string of the molecule is O=C(O)N1NC=CC(c2ccc(F)cc2)C1=O. The third-order valence-electron chi connectivity index (χ3n) is 2.40. The van der Waals surface area contributed by atoms with Crippen LogP contribution < -0.4 is 5.43 Å². The lowest BCUT2D eigenvalue weighted by molar-refractivity contribution is -0.132. The molecule has 0 aromatic heterocycles. The van der Waals surface area contributed by atoms with Gasteiger partial charge in [-0.05, 0) is 23.8 Å². The van der Waals surface area contributed by atoms with Crippen LogP contribution in [0.2, 0.25) is 0 Å². The van der Waals surface area contributed by atoms with Gasteiger partial charge in [0.25, 0.3) is 5.91 Å². The molecule has 2 amide bonds. The van der Waals surface area contributed by atoms with Crippen molar-refractivity contribution in [3.05, 3.63) is 47.9 Å². The van der Waals surface area contributed by atoms with Gasteiger partial charge in [-0.1, -0.05) is 12.1 Å². The van der Waals surface area contributed by atoms with E-state index in [9.17, 15) is 14.0 Å². The standard InChI is InChI=1S/C11H9FN2O3/c12-8-3-1-7(2-4-8)9-5-6-13-14(10(9)15)11(16)17/h1-6,9,13H,(H,16,17). The molecular formula is C11H9FN2O3. The van der Waals surface area contributed by atoms with Gasteiger partial charge in [-0.25, -0.2) is 9.18 Å². The van der Waals surface area contributed by atoms with Gasteiger partial charge in [0.1, 0.15) is 5.82 Å². The van der Waals surface area contributed by atoms with E-state index < -0.39 is 23.7 Å². The number of carbonyl (C=O) groups is 2. The van der Waals surface area contributed by atoms with E-state index in [4.69, 9.17) is 5.11 Å². The van der Waals surface area contributed by atoms with Crippen molar-refractivity contribution in [2.75, 3.05) is 0 Å². The van der Waals surface area contributed by atoms with Crippen LogP contribution in [0.15, 0.2) is 36.5 Å². The van der Waals surface area contributed by atoms with Gasteiger partial charge in [0.2, 0.25) is 0 Å². The van der Waals surface area contributed by atoms with Crippen LogP contribution in [0.1, 0.15) is 11.5 Å². The smallest absolute Gasteiger partial charge is 0.433 e. The lowest BCUT2D eigenvalue weighted by Gasteiger charge is -2.25. The lowest BCUT2D eigenvalue weighted by Crippen LogP contribution is -2.48. The molecule has 1 aromatic carbocycles. The Labute approximate surface area is 96.1 Å². The number of imide groups is 1. The number of carboxylic acid groups (broad SMARTS) is 1. The van der Waals surface area contributed by atoms with E-state index in [2.05, 4.69) is 5.43 Å². The molecule has 0 bridgehead atoms. The Kier molecular flexibility index (Phi) is 2.78. The molecular weight excluding hydrogens is 227 g/mol. The molecule has 0 aliphatic carbocycles. The van der Waals surface area contributed by atoms with Crippen LogP contribution in [0, 0.1) is 5.82 Å². The molecule has 0 spiro atoms. The maximum atomic E-state index is 12.7. The Morgan fingerprint density at radius 1 is 1.35 bits per heavy atom. The van der Waals surface area contributed by atoms with Crippen LogP contribution in [-0.4, -0.2) is 22.1 Å². The van der Waals surface area contributed by atoms with Crippen molar-refractivity contribution < 1.29 is 19.1 Å². The summed E-state index contributed by atoms with van der Waals surface area (Å²) in [6.45, 7) is 0. The van der Waals surface area contributed by atoms with Crippen LogP contribution >= 0.6 is 0 Å². The first-order valence-corrected chi connectivity index (χ1v) is 4.85. The van der Waals surface area contributed by atoms with Gasteiger partial charge in [-0.15, -0.1) is 0 Å². The average molecular weight is 236 g/mol. The number of nitrogens with zero attached hydrogens (tertiary/aromatic N) is 1. The van der Waals surface area contributed by atoms with Crippen LogP contribution in [0.3, 0.4) is 0 Å². The van der Waals surface area contributed by atoms with Crippen molar-refractivity contribution in [1.82, 2.24) is 10.4 Å². The van der Waals surface area contributed by atoms with Gasteiger partial charge in [-0.2, -0.15) is 5.01 Å². The van der Waals surface area contributed by atoms with Gasteiger partial charge in [0.05, 0.1) is 5.92 Å². The molecule has 17 heavy (non-hydrogen) atoms. The number of hydrogen-bond acceptors (Lipinski definition) is 3. The first-order valence-electron chi connectivity index (χ1n) is 4.85. The van der Waals surface area contributed by atoms with Crippen LogP contribution in [0.4, 0.5) is 9.18 Å². The van der Waals surface area contributed by atoms with Crippen molar-refractivity contribution in [2.45, 2.75) is 5.92 Å². The fourth-order valence-electron chi connectivity index (χ4n) is 1.57. The molecule has 6 heteroatoms. The van der Waals surface area contributed by atoms with E-state index in [1.807, 2.05) is 0 Å². The molecule has 1 aliphatic heterocycles. The molecule has 0 saturated carbocycles. The maximum absolute atomic E-state index is 12.7. The molecule has 1 unspecified atom stereocenters. The zero-order valence-corrected chi connectivity index (χ0v) is 8.63. The first-order chi connectivity index (χ1) is 8.09. The van der Waals surface area contributed by atoms with Crippen LogP contribution in [0.5, 0.6) is 0 Å². The van der Waals surface area contributed by atoms with Gasteiger partial charge in [0.15, 0.2) is 0 Å². The molecule has 5 nitrogen and oxygen atoms in total. The quantitative estimate of drug-likeness (QED) is 0.774. The maximum Gasteiger partial charge on any atom is 0.433 e. The van der Waals surface area contributed by atoms with Crippen molar-refractivity contribution in [2.24, 2.45) is 0 Å². The molecule has 1 aromatic rings. The largest absolute Gasteiger partial charge is 0.463 e. The van der Waals surface area contributed by atoms with E-state index in [0.717, 1.165) is 0 Å². The van der Waals surface area contributed by atoms with E-state index in [-0.39, 0.29) is 0 Å². The zero-order chi connectivity index (χ0) is 12.4. The Morgan fingerprint density at radius 3 is 2.59 bits per heavy atom. The molecule has 0 saturated heterocycles. The molecule has 1 heterocycles. The summed E-state index contributed by atoms with van der Waals surface area (Å²) in [5.74, 6) is -1.74. The Hall–Kier alpha value is -2.37. The second-order valence-corrected chi connectivity index (χ2v) is 3.47. The summed E-state index contributed by atoms with van der Waals surface area (Å²) in [6, 6.07) is 5.36. The number of carbonyl (C=O) groups excluding carboxylic acids is 1. The second-order valence-electron chi connectivity index (χ2n) is 3.47. The van der Waals surface area contributed by atoms with Gasteiger partial charge < -0.3 is 5.11 Å². The minimum absolute atomic E-state index is 0.408. The number of benzene rings is 1. The van der Waals surface area contributed by atoms with Crippen molar-refractivity contribution in [1.29, 1.82) is 0 Å². The molecule has 0 fully saturated rings. The monoisotopic (exact) mass is 236 g/mol. The molecule has 1 aliphatic rings. The summed E-state index contributed by atoms with van der Waals surface area (Å²) in [4.78, 5) is 22.5. The molecule has 1 atom stereocenters. The highest BCUT2D eigenvalue weighted by Gasteiger charge is 2.30. The van der Waals surface area contributed by atoms with Crippen molar-refractivity contribution in [3.8, 4) is 0 Å². The Bertz CT molecular complexity index is 484. The normalized spacial score (nSPS) is 19.0. The van der Waals surface area contributed by atoms with E-state index in [0.29, 0.717) is 10.6 Å². The third-order valence-corrected chi connectivity index (χ3v) is 2.40. The molecule has 88 valence electrons. The van der Waals surface area contributed by atoms with E-state index in [1.165, 1.54) is 36.5 Å². The highest BCUT2D eigenvalue weighted by molar-refractivity contribution is 5.96. The predicted octanol–water partition coefficient (Wildman–Crippen LogP) is 1.45. The minimum atomic E-state index is -1.38. The summed E-state index contributed by atoms with van der Waals surface area (Å²) < 4.78 is 12.7. The fraction of sp³-hybridized carbons (Fsp3) is 0.0909. The summed E-state index contributed by atoms with van der Waals surface area (Å²) in [7, 11) is 0. The lowest BCUT2D eigenvalue weighted by atomic mass is 9.97. The third kappa shape index (κ3) is 2.10. The van der Waals surface area contributed by atoms with Gasteiger partial charge >= 0.3 is 6.09 Å². The summed E-state index contributed by atoms with van der Waals surface area (Å²) in [5.41, 5.74) is 2.85. The number of hydrogen-bond donors (Lipinski definition) is 2. The van der Waals surface area contributed by atoms with Crippen LogP contribution in [0.25, 0.3) is 0 Å². The average Bonchev–Trinajstić information content (AvgIpc) is 2.30. The number of rotatable bonds is 1. The van der Waals surface area contributed by atoms with Gasteiger partial charge in [0, 0.05) is 6.20 Å². The predicted molar refractivity (Wildman–Crippen MR) is 56.3 cm³/mol. The molecule has 2 N–H and O–H groups in total. The number of halogens is 1.